The Bertz CT molecular complexity index is 521. The van der Waals surface area contributed by atoms with Crippen molar-refractivity contribution in [1.29, 1.82) is 0 Å². The summed E-state index contributed by atoms with van der Waals surface area (Å²) in [5.41, 5.74) is 2.88. The summed E-state index contributed by atoms with van der Waals surface area (Å²) in [7, 11) is 1.88. The first-order chi connectivity index (χ1) is 8.85. The topological polar surface area (TPSA) is 62.7 Å². The van der Waals surface area contributed by atoms with Crippen LogP contribution in [0.5, 0.6) is 0 Å². The zero-order valence-electron chi connectivity index (χ0n) is 10.2. The fourth-order valence-corrected chi connectivity index (χ4v) is 2.27. The number of hydrogen-bond donors (Lipinski definition) is 2. The van der Waals surface area contributed by atoms with Crippen molar-refractivity contribution in [3.63, 3.8) is 0 Å². The van der Waals surface area contributed by atoms with E-state index < -0.39 is 0 Å². The Hall–Kier alpha value is -1.69. The van der Waals surface area contributed by atoms with Gasteiger partial charge in [0.25, 0.3) is 0 Å². The predicted octanol–water partition coefficient (Wildman–Crippen LogP) is 2.46. The lowest BCUT2D eigenvalue weighted by Crippen LogP contribution is -2.06. The molecule has 0 unspecified atom stereocenters. The second-order valence-corrected chi connectivity index (χ2v) is 5.07. The Morgan fingerprint density at radius 2 is 2.17 bits per heavy atom. The molecule has 18 heavy (non-hydrogen) atoms. The van der Waals surface area contributed by atoms with Crippen molar-refractivity contribution in [2.75, 3.05) is 17.7 Å². The van der Waals surface area contributed by atoms with E-state index in [4.69, 9.17) is 0 Å². The molecule has 1 saturated carbocycles. The lowest BCUT2D eigenvalue weighted by molar-refractivity contribution is 0.920. The molecule has 6 heteroatoms. The summed E-state index contributed by atoms with van der Waals surface area (Å²) in [6.07, 6.45) is 2.41. The van der Waals surface area contributed by atoms with E-state index in [1.807, 2.05) is 24.0 Å². The van der Waals surface area contributed by atoms with Crippen molar-refractivity contribution in [1.82, 2.24) is 15.0 Å². The molecule has 2 N–H and O–H groups in total. The van der Waals surface area contributed by atoms with Crippen LogP contribution in [-0.4, -0.2) is 22.0 Å². The fraction of sp³-hybridized carbons (Fsp3) is 0.417. The molecular formula is C12H15N5S. The predicted molar refractivity (Wildman–Crippen MR) is 73.0 cm³/mol. The molecule has 1 aliphatic rings. The van der Waals surface area contributed by atoms with Gasteiger partial charge in [0, 0.05) is 24.4 Å². The normalized spacial score (nSPS) is 14.5. The summed E-state index contributed by atoms with van der Waals surface area (Å²) in [6, 6.07) is 1.93. The molecule has 0 spiro atoms. The van der Waals surface area contributed by atoms with Crippen molar-refractivity contribution >= 4 is 23.0 Å². The number of nitrogens with zero attached hydrogens (tertiary/aromatic N) is 3. The summed E-state index contributed by atoms with van der Waals surface area (Å²) < 4.78 is 0. The molecule has 94 valence electrons. The molecule has 0 radical (unpaired) electrons. The first-order valence-electron chi connectivity index (χ1n) is 6.03. The van der Waals surface area contributed by atoms with Crippen LogP contribution in [0.15, 0.2) is 17.0 Å². The lowest BCUT2D eigenvalue weighted by atomic mass is 10.3. The van der Waals surface area contributed by atoms with E-state index in [0.717, 1.165) is 23.2 Å². The molecule has 2 aromatic rings. The second-order valence-electron chi connectivity index (χ2n) is 4.35. The monoisotopic (exact) mass is 261 g/mol. The summed E-state index contributed by atoms with van der Waals surface area (Å²) in [6.45, 7) is 0.702. The standard InChI is InChI=1S/C12H15N5S/c1-13-10-4-11(14-5-9-6-18-7-15-9)17-12(16-10)8-2-3-8/h4,6-8H,2-3,5H2,1H3,(H2,13,14,16,17). The Morgan fingerprint density at radius 1 is 1.33 bits per heavy atom. The number of nitrogens with one attached hydrogen (secondary N) is 2. The van der Waals surface area contributed by atoms with Crippen LogP contribution in [0.1, 0.15) is 30.3 Å². The third-order valence-corrected chi connectivity index (χ3v) is 3.51. The van der Waals surface area contributed by atoms with Crippen LogP contribution in [0.4, 0.5) is 11.6 Å². The fourth-order valence-electron chi connectivity index (χ4n) is 1.71. The van der Waals surface area contributed by atoms with Crippen LogP contribution in [0.2, 0.25) is 0 Å². The Morgan fingerprint density at radius 3 is 2.83 bits per heavy atom. The highest BCUT2D eigenvalue weighted by atomic mass is 32.1. The maximum Gasteiger partial charge on any atom is 0.136 e. The van der Waals surface area contributed by atoms with Gasteiger partial charge in [0.15, 0.2) is 0 Å². The molecule has 0 aliphatic heterocycles. The van der Waals surface area contributed by atoms with Gasteiger partial charge in [0.1, 0.15) is 17.5 Å². The van der Waals surface area contributed by atoms with E-state index in [2.05, 4.69) is 25.6 Å². The number of thiazole rings is 1. The lowest BCUT2D eigenvalue weighted by Gasteiger charge is -2.08. The average molecular weight is 261 g/mol. The highest BCUT2D eigenvalue weighted by Crippen LogP contribution is 2.38. The second kappa shape index (κ2) is 4.89. The Kier molecular flexibility index (Phi) is 3.10. The van der Waals surface area contributed by atoms with Gasteiger partial charge in [-0.15, -0.1) is 11.3 Å². The molecule has 0 bridgehead atoms. The molecule has 2 aromatic heterocycles. The van der Waals surface area contributed by atoms with Crippen LogP contribution in [0, 0.1) is 0 Å². The van der Waals surface area contributed by atoms with Crippen molar-refractivity contribution in [2.24, 2.45) is 0 Å². The van der Waals surface area contributed by atoms with E-state index in [9.17, 15) is 0 Å². The minimum absolute atomic E-state index is 0.554. The van der Waals surface area contributed by atoms with E-state index in [1.54, 1.807) is 11.3 Å². The quantitative estimate of drug-likeness (QED) is 0.865. The summed E-state index contributed by atoms with van der Waals surface area (Å²) in [4.78, 5) is 13.3. The average Bonchev–Trinajstić information content (AvgIpc) is 3.13. The van der Waals surface area contributed by atoms with Gasteiger partial charge < -0.3 is 10.6 Å². The van der Waals surface area contributed by atoms with Gasteiger partial charge in [0.05, 0.1) is 17.7 Å². The van der Waals surface area contributed by atoms with E-state index >= 15 is 0 Å². The van der Waals surface area contributed by atoms with Gasteiger partial charge in [-0.25, -0.2) is 15.0 Å². The van der Waals surface area contributed by atoms with E-state index in [0.29, 0.717) is 12.5 Å². The third kappa shape index (κ3) is 2.59. The largest absolute Gasteiger partial charge is 0.373 e. The van der Waals surface area contributed by atoms with Gasteiger partial charge in [-0.05, 0) is 12.8 Å². The summed E-state index contributed by atoms with van der Waals surface area (Å²) >= 11 is 1.60. The minimum atomic E-state index is 0.554. The van der Waals surface area contributed by atoms with E-state index in [1.165, 1.54) is 12.8 Å². The number of anilines is 2. The molecule has 0 amide bonds. The van der Waals surface area contributed by atoms with Gasteiger partial charge in [-0.1, -0.05) is 0 Å². The zero-order valence-corrected chi connectivity index (χ0v) is 11.0. The van der Waals surface area contributed by atoms with Crippen molar-refractivity contribution in [2.45, 2.75) is 25.3 Å². The number of rotatable bonds is 5. The molecule has 2 heterocycles. The highest BCUT2D eigenvalue weighted by molar-refractivity contribution is 7.07. The molecular weight excluding hydrogens is 246 g/mol. The van der Waals surface area contributed by atoms with E-state index in [-0.39, 0.29) is 0 Å². The SMILES string of the molecule is CNc1cc(NCc2cscn2)nc(C2CC2)n1. The molecule has 0 saturated heterocycles. The smallest absolute Gasteiger partial charge is 0.136 e. The Labute approximate surface area is 110 Å². The maximum absolute atomic E-state index is 4.56. The van der Waals surface area contributed by atoms with Gasteiger partial charge in [0.2, 0.25) is 0 Å². The Balaban J connectivity index is 1.75. The maximum atomic E-state index is 4.56. The number of aromatic nitrogens is 3. The van der Waals surface area contributed by atoms with Gasteiger partial charge >= 0.3 is 0 Å². The molecule has 3 rings (SSSR count). The highest BCUT2D eigenvalue weighted by Gasteiger charge is 2.27. The molecule has 1 aliphatic carbocycles. The van der Waals surface area contributed by atoms with Crippen LogP contribution in [-0.2, 0) is 6.54 Å². The first-order valence-corrected chi connectivity index (χ1v) is 6.97. The van der Waals surface area contributed by atoms with Crippen molar-refractivity contribution in [3.05, 3.63) is 28.5 Å². The third-order valence-electron chi connectivity index (χ3n) is 2.88. The molecule has 5 nitrogen and oxygen atoms in total. The van der Waals surface area contributed by atoms with Gasteiger partial charge in [-0.3, -0.25) is 0 Å². The van der Waals surface area contributed by atoms with Crippen LogP contribution >= 0.6 is 11.3 Å². The number of hydrogen-bond acceptors (Lipinski definition) is 6. The zero-order chi connectivity index (χ0) is 12.4. The van der Waals surface area contributed by atoms with Crippen LogP contribution in [0.3, 0.4) is 0 Å². The van der Waals surface area contributed by atoms with Crippen LogP contribution in [0.25, 0.3) is 0 Å². The van der Waals surface area contributed by atoms with Crippen molar-refractivity contribution < 1.29 is 0 Å². The summed E-state index contributed by atoms with van der Waals surface area (Å²) in [5.74, 6) is 3.23. The molecule has 0 atom stereocenters. The van der Waals surface area contributed by atoms with Crippen molar-refractivity contribution in [3.8, 4) is 0 Å². The first kappa shape index (κ1) is 11.4. The molecule has 1 fully saturated rings. The van der Waals surface area contributed by atoms with Gasteiger partial charge in [-0.2, -0.15) is 0 Å². The minimum Gasteiger partial charge on any atom is -0.373 e. The molecule has 0 aromatic carbocycles. The summed E-state index contributed by atoms with van der Waals surface area (Å²) in [5, 5.41) is 8.41. The van der Waals surface area contributed by atoms with Crippen LogP contribution < -0.4 is 10.6 Å².